The molecule has 0 bridgehead atoms. The molecule has 4 aliphatic rings. The number of ether oxygens (including phenoxy) is 2. The molecule has 0 spiro atoms. The Kier molecular flexibility index (Phi) is 8.20. The third-order valence-electron chi connectivity index (χ3n) is 12.9. The van der Waals surface area contributed by atoms with Gasteiger partial charge in [-0.05, 0) is 72.0 Å². The highest BCUT2D eigenvalue weighted by molar-refractivity contribution is 5.85. The maximum absolute atomic E-state index is 14.5. The van der Waals surface area contributed by atoms with Crippen LogP contribution in [0.3, 0.4) is 0 Å². The SMILES string of the molecule is CC(=O)O[C@H]1CC[C@]2(C)[C@@H]3C(=O)C[C@]4(C)[C@H]([C@H](C)CCCC(C)C)CC[C@]4(C)[C@@H]3[C@H](OC(C)=O)C[C@H]2C1(C)C. The van der Waals surface area contributed by atoms with Crippen molar-refractivity contribution in [3.05, 3.63) is 0 Å². The van der Waals surface area contributed by atoms with Gasteiger partial charge in [0.25, 0.3) is 0 Å². The van der Waals surface area contributed by atoms with Gasteiger partial charge in [0.15, 0.2) is 0 Å². The van der Waals surface area contributed by atoms with Gasteiger partial charge in [0.1, 0.15) is 18.0 Å². The summed E-state index contributed by atoms with van der Waals surface area (Å²) in [7, 11) is 0. The van der Waals surface area contributed by atoms with Crippen molar-refractivity contribution in [3.63, 3.8) is 0 Å². The Labute approximate surface area is 237 Å². The maximum atomic E-state index is 14.5. The number of rotatable bonds is 7. The Morgan fingerprint density at radius 2 is 1.54 bits per heavy atom. The number of ketones is 1. The summed E-state index contributed by atoms with van der Waals surface area (Å²) < 4.78 is 12.1. The van der Waals surface area contributed by atoms with E-state index >= 15 is 0 Å². The molecule has 4 saturated carbocycles. The summed E-state index contributed by atoms with van der Waals surface area (Å²) in [5, 5.41) is 0. The summed E-state index contributed by atoms with van der Waals surface area (Å²) in [6.45, 7) is 21.6. The lowest BCUT2D eigenvalue weighted by Gasteiger charge is -2.67. The van der Waals surface area contributed by atoms with E-state index in [0.717, 1.165) is 38.0 Å². The molecule has 4 aliphatic carbocycles. The molecule has 0 amide bonds. The molecular formula is C34H56O5. The second kappa shape index (κ2) is 10.5. The Balaban J connectivity index is 1.73. The van der Waals surface area contributed by atoms with Crippen LogP contribution >= 0.6 is 0 Å². The van der Waals surface area contributed by atoms with Crippen LogP contribution in [-0.4, -0.2) is 29.9 Å². The lowest BCUT2D eigenvalue weighted by atomic mass is 9.37. The lowest BCUT2D eigenvalue weighted by Crippen LogP contribution is -2.68. The van der Waals surface area contributed by atoms with Crippen molar-refractivity contribution in [1.29, 1.82) is 0 Å². The predicted octanol–water partition coefficient (Wildman–Crippen LogP) is 7.79. The molecule has 5 heteroatoms. The first-order chi connectivity index (χ1) is 18.0. The first-order valence-electron chi connectivity index (χ1n) is 15.9. The zero-order valence-electron chi connectivity index (χ0n) is 26.5. The summed E-state index contributed by atoms with van der Waals surface area (Å²) >= 11 is 0. The van der Waals surface area contributed by atoms with E-state index in [4.69, 9.17) is 9.47 Å². The average molecular weight is 545 g/mol. The normalized spacial score (nSPS) is 43.7. The Morgan fingerprint density at radius 1 is 0.897 bits per heavy atom. The van der Waals surface area contributed by atoms with Crippen LogP contribution in [0, 0.1) is 57.2 Å². The van der Waals surface area contributed by atoms with Crippen molar-refractivity contribution in [2.45, 2.75) is 139 Å². The van der Waals surface area contributed by atoms with Crippen molar-refractivity contribution in [2.75, 3.05) is 0 Å². The van der Waals surface area contributed by atoms with Crippen LogP contribution in [0.25, 0.3) is 0 Å². The standard InChI is InChI=1S/C34H56O5/c1-20(2)12-11-13-21(3)24-14-17-33(9)30-26(38-22(4)35)18-27-31(6,7)28(39-23(5)36)15-16-32(27,8)29(30)25(37)19-34(24,33)10/h20-21,24,26-30H,11-19H2,1-10H3/t21-,24+,26-,27+,28+,29-,30-,32+,33-,34-/m1/s1. The second-order valence-electron chi connectivity index (χ2n) is 15.8. The summed E-state index contributed by atoms with van der Waals surface area (Å²) in [5.41, 5.74) is -0.668. The summed E-state index contributed by atoms with van der Waals surface area (Å²) in [4.78, 5) is 39.0. The molecule has 0 aromatic heterocycles. The van der Waals surface area contributed by atoms with Gasteiger partial charge >= 0.3 is 11.9 Å². The van der Waals surface area contributed by atoms with Crippen LogP contribution < -0.4 is 0 Å². The largest absolute Gasteiger partial charge is 0.462 e. The first kappa shape index (κ1) is 30.6. The summed E-state index contributed by atoms with van der Waals surface area (Å²) in [6.07, 6.45) is 8.49. The fraction of sp³-hybridized carbons (Fsp3) is 0.912. The Hall–Kier alpha value is -1.39. The maximum Gasteiger partial charge on any atom is 0.302 e. The number of Topliss-reactive ketones (excluding diaryl/α,β-unsaturated/α-hetero) is 1. The third-order valence-corrected chi connectivity index (χ3v) is 12.9. The van der Waals surface area contributed by atoms with Gasteiger partial charge in [-0.25, -0.2) is 0 Å². The molecule has 0 radical (unpaired) electrons. The van der Waals surface area contributed by atoms with E-state index in [0.29, 0.717) is 24.0 Å². The molecular weight excluding hydrogens is 488 g/mol. The number of carbonyl (C=O) groups is 3. The van der Waals surface area contributed by atoms with Gasteiger partial charge in [0.2, 0.25) is 0 Å². The van der Waals surface area contributed by atoms with Gasteiger partial charge in [-0.15, -0.1) is 0 Å². The van der Waals surface area contributed by atoms with Crippen molar-refractivity contribution < 1.29 is 23.9 Å². The fourth-order valence-corrected chi connectivity index (χ4v) is 10.9. The van der Waals surface area contributed by atoms with E-state index in [1.165, 1.54) is 33.1 Å². The van der Waals surface area contributed by atoms with Crippen molar-refractivity contribution in [2.24, 2.45) is 57.2 Å². The zero-order valence-corrected chi connectivity index (χ0v) is 26.5. The number of carbonyl (C=O) groups excluding carboxylic acids is 3. The highest BCUT2D eigenvalue weighted by atomic mass is 16.5. The van der Waals surface area contributed by atoms with Gasteiger partial charge in [-0.2, -0.15) is 0 Å². The third kappa shape index (κ3) is 4.90. The zero-order chi connectivity index (χ0) is 29.1. The summed E-state index contributed by atoms with van der Waals surface area (Å²) in [5.74, 6) is 1.71. The topological polar surface area (TPSA) is 69.7 Å². The molecule has 0 unspecified atom stereocenters. The van der Waals surface area contributed by atoms with Crippen LogP contribution in [0.4, 0.5) is 0 Å². The van der Waals surface area contributed by atoms with E-state index in [1.807, 2.05) is 0 Å². The van der Waals surface area contributed by atoms with E-state index in [2.05, 4.69) is 55.4 Å². The molecule has 0 N–H and O–H groups in total. The van der Waals surface area contributed by atoms with Crippen LogP contribution in [0.1, 0.15) is 127 Å². The van der Waals surface area contributed by atoms with Crippen molar-refractivity contribution in [1.82, 2.24) is 0 Å². The molecule has 222 valence electrons. The first-order valence-corrected chi connectivity index (χ1v) is 15.9. The highest BCUT2D eigenvalue weighted by Gasteiger charge is 2.72. The van der Waals surface area contributed by atoms with Crippen molar-refractivity contribution >= 4 is 17.7 Å². The smallest absolute Gasteiger partial charge is 0.302 e. The minimum Gasteiger partial charge on any atom is -0.462 e. The van der Waals surface area contributed by atoms with Crippen LogP contribution in [0.15, 0.2) is 0 Å². The number of hydrogen-bond acceptors (Lipinski definition) is 5. The molecule has 0 saturated heterocycles. The monoisotopic (exact) mass is 544 g/mol. The fourth-order valence-electron chi connectivity index (χ4n) is 10.9. The quantitative estimate of drug-likeness (QED) is 0.306. The van der Waals surface area contributed by atoms with Crippen LogP contribution in [-0.2, 0) is 23.9 Å². The molecule has 0 aromatic rings. The lowest BCUT2D eigenvalue weighted by molar-refractivity contribution is -0.236. The van der Waals surface area contributed by atoms with Crippen LogP contribution in [0.2, 0.25) is 0 Å². The molecule has 4 rings (SSSR count). The molecule has 5 nitrogen and oxygen atoms in total. The predicted molar refractivity (Wildman–Crippen MR) is 154 cm³/mol. The number of hydrogen-bond donors (Lipinski definition) is 0. The number of fused-ring (bicyclic) bond motifs is 5. The van der Waals surface area contributed by atoms with Gasteiger partial charge in [0, 0.05) is 37.5 Å². The van der Waals surface area contributed by atoms with E-state index in [9.17, 15) is 14.4 Å². The van der Waals surface area contributed by atoms with Gasteiger partial charge in [-0.3, -0.25) is 14.4 Å². The minimum absolute atomic E-state index is 0.0304. The average Bonchev–Trinajstić information content (AvgIpc) is 3.07. The van der Waals surface area contributed by atoms with E-state index in [-0.39, 0.29) is 63.6 Å². The minimum atomic E-state index is -0.312. The molecule has 4 fully saturated rings. The highest BCUT2D eigenvalue weighted by Crippen LogP contribution is 2.74. The van der Waals surface area contributed by atoms with E-state index < -0.39 is 0 Å². The Morgan fingerprint density at radius 3 is 2.13 bits per heavy atom. The van der Waals surface area contributed by atoms with Gasteiger partial charge < -0.3 is 9.47 Å². The molecule has 10 atom stereocenters. The number of esters is 2. The second-order valence-corrected chi connectivity index (χ2v) is 15.8. The van der Waals surface area contributed by atoms with Crippen LogP contribution in [0.5, 0.6) is 0 Å². The molecule has 0 aliphatic heterocycles. The van der Waals surface area contributed by atoms with Gasteiger partial charge in [0.05, 0.1) is 0 Å². The van der Waals surface area contributed by atoms with Gasteiger partial charge in [-0.1, -0.05) is 74.7 Å². The van der Waals surface area contributed by atoms with E-state index in [1.54, 1.807) is 0 Å². The van der Waals surface area contributed by atoms with Crippen molar-refractivity contribution in [3.8, 4) is 0 Å². The summed E-state index contributed by atoms with van der Waals surface area (Å²) in [6, 6.07) is 0. The molecule has 39 heavy (non-hydrogen) atoms. The molecule has 0 heterocycles. The molecule has 0 aromatic carbocycles. The Bertz CT molecular complexity index is 969.